The summed E-state index contributed by atoms with van der Waals surface area (Å²) in [6.45, 7) is 8.67. The number of rotatable bonds is 8. The molecule has 0 amide bonds. The normalized spacial score (nSPS) is 15.2. The fourth-order valence-electron chi connectivity index (χ4n) is 3.99. The van der Waals surface area contributed by atoms with Crippen LogP contribution in [0.1, 0.15) is 11.3 Å². The molecule has 182 valence electrons. The van der Waals surface area contributed by atoms with Gasteiger partial charge in [0.05, 0.1) is 6.54 Å². The second kappa shape index (κ2) is 10.5. The van der Waals surface area contributed by atoms with Gasteiger partial charge in [-0.05, 0) is 50.4 Å². The zero-order valence-electron chi connectivity index (χ0n) is 19.4. The van der Waals surface area contributed by atoms with E-state index in [1.807, 2.05) is 13.1 Å². The number of aryl methyl sites for hydroxylation is 1. The second-order valence-electron chi connectivity index (χ2n) is 8.65. The van der Waals surface area contributed by atoms with E-state index in [0.29, 0.717) is 23.6 Å². The number of nitrogens with zero attached hydrogens (tertiary/aromatic N) is 4. The summed E-state index contributed by atoms with van der Waals surface area (Å²) >= 11 is 0. The van der Waals surface area contributed by atoms with Crippen molar-refractivity contribution in [1.82, 2.24) is 15.0 Å². The minimum Gasteiger partial charge on any atom is -0.406 e. The van der Waals surface area contributed by atoms with Crippen LogP contribution in [0.5, 0.6) is 5.75 Å². The van der Waals surface area contributed by atoms with Gasteiger partial charge in [0.15, 0.2) is 5.76 Å². The van der Waals surface area contributed by atoms with Gasteiger partial charge in [0.2, 0.25) is 0 Å². The van der Waals surface area contributed by atoms with Crippen molar-refractivity contribution < 1.29 is 22.4 Å². The first kappa shape index (κ1) is 24.1. The zero-order valence-corrected chi connectivity index (χ0v) is 19.4. The van der Waals surface area contributed by atoms with Gasteiger partial charge in [-0.3, -0.25) is 9.80 Å². The Bertz CT molecular complexity index is 1040. The maximum Gasteiger partial charge on any atom is 0.573 e. The Labute approximate surface area is 197 Å². The molecule has 2 aromatic carbocycles. The SMILES string of the molecule is Cc1ccc(N2CCN(CCN(C)Cc3cc(-c4ccc(OC(F)(F)F)cc4)no3)CC2)cc1. The molecule has 1 aromatic heterocycles. The van der Waals surface area contributed by atoms with E-state index in [2.05, 4.69) is 55.8 Å². The van der Waals surface area contributed by atoms with Crippen LogP contribution in [0.25, 0.3) is 11.3 Å². The maximum absolute atomic E-state index is 12.3. The molecular weight excluding hydrogens is 445 g/mol. The molecule has 34 heavy (non-hydrogen) atoms. The quantitative estimate of drug-likeness (QED) is 0.467. The van der Waals surface area contributed by atoms with E-state index in [1.165, 1.54) is 35.5 Å². The Morgan fingerprint density at radius 1 is 1.00 bits per heavy atom. The van der Waals surface area contributed by atoms with Crippen molar-refractivity contribution in [3.8, 4) is 17.0 Å². The number of hydrogen-bond acceptors (Lipinski definition) is 6. The fourth-order valence-corrected chi connectivity index (χ4v) is 3.99. The summed E-state index contributed by atoms with van der Waals surface area (Å²) in [5.74, 6) is 0.441. The summed E-state index contributed by atoms with van der Waals surface area (Å²) in [4.78, 5) is 7.08. The van der Waals surface area contributed by atoms with E-state index < -0.39 is 6.36 Å². The molecule has 1 aliphatic heterocycles. The van der Waals surface area contributed by atoms with Crippen LogP contribution in [-0.2, 0) is 6.54 Å². The van der Waals surface area contributed by atoms with Crippen molar-refractivity contribution in [3.63, 3.8) is 0 Å². The van der Waals surface area contributed by atoms with Gasteiger partial charge in [0.25, 0.3) is 0 Å². The first-order valence-corrected chi connectivity index (χ1v) is 11.3. The molecule has 0 spiro atoms. The lowest BCUT2D eigenvalue weighted by Gasteiger charge is -2.36. The van der Waals surface area contributed by atoms with Gasteiger partial charge in [-0.2, -0.15) is 0 Å². The number of likely N-dealkylation sites (N-methyl/N-ethyl adjacent to an activating group) is 1. The lowest BCUT2D eigenvalue weighted by Crippen LogP contribution is -2.48. The summed E-state index contributed by atoms with van der Waals surface area (Å²) < 4.78 is 46.3. The molecule has 2 heterocycles. The van der Waals surface area contributed by atoms with Gasteiger partial charge in [0.1, 0.15) is 11.4 Å². The van der Waals surface area contributed by atoms with E-state index in [1.54, 1.807) is 0 Å². The highest BCUT2D eigenvalue weighted by Gasteiger charge is 2.31. The first-order valence-electron chi connectivity index (χ1n) is 11.3. The van der Waals surface area contributed by atoms with Crippen LogP contribution in [-0.4, -0.2) is 67.6 Å². The molecule has 0 saturated carbocycles. The highest BCUT2D eigenvalue weighted by atomic mass is 19.4. The van der Waals surface area contributed by atoms with E-state index in [4.69, 9.17) is 4.52 Å². The van der Waals surface area contributed by atoms with Gasteiger partial charge in [-0.1, -0.05) is 22.9 Å². The maximum atomic E-state index is 12.3. The molecular formula is C25H29F3N4O2. The van der Waals surface area contributed by atoms with Gasteiger partial charge in [0, 0.05) is 56.6 Å². The number of ether oxygens (including phenoxy) is 1. The molecule has 1 aliphatic rings. The average molecular weight is 475 g/mol. The lowest BCUT2D eigenvalue weighted by molar-refractivity contribution is -0.274. The monoisotopic (exact) mass is 474 g/mol. The summed E-state index contributed by atoms with van der Waals surface area (Å²) in [5.41, 5.74) is 3.80. The first-order chi connectivity index (χ1) is 16.2. The van der Waals surface area contributed by atoms with E-state index in [0.717, 1.165) is 39.3 Å². The molecule has 0 bridgehead atoms. The van der Waals surface area contributed by atoms with E-state index >= 15 is 0 Å². The second-order valence-corrected chi connectivity index (χ2v) is 8.65. The van der Waals surface area contributed by atoms with Crippen molar-refractivity contribution in [2.24, 2.45) is 0 Å². The number of halogens is 3. The van der Waals surface area contributed by atoms with Gasteiger partial charge in [-0.15, -0.1) is 13.2 Å². The van der Waals surface area contributed by atoms with Crippen LogP contribution in [0.4, 0.5) is 18.9 Å². The summed E-state index contributed by atoms with van der Waals surface area (Å²) in [6, 6.07) is 16.1. The molecule has 1 saturated heterocycles. The molecule has 0 N–H and O–H groups in total. The van der Waals surface area contributed by atoms with Crippen molar-refractivity contribution in [1.29, 1.82) is 0 Å². The van der Waals surface area contributed by atoms with Crippen molar-refractivity contribution in [2.45, 2.75) is 19.8 Å². The van der Waals surface area contributed by atoms with E-state index in [9.17, 15) is 13.2 Å². The van der Waals surface area contributed by atoms with Crippen LogP contribution in [0.2, 0.25) is 0 Å². The third kappa shape index (κ3) is 6.74. The number of aromatic nitrogens is 1. The van der Waals surface area contributed by atoms with Crippen molar-refractivity contribution in [2.75, 3.05) is 51.2 Å². The highest BCUT2D eigenvalue weighted by Crippen LogP contribution is 2.26. The van der Waals surface area contributed by atoms with Crippen LogP contribution < -0.4 is 9.64 Å². The largest absolute Gasteiger partial charge is 0.573 e. The molecule has 0 radical (unpaired) electrons. The minimum absolute atomic E-state index is 0.264. The van der Waals surface area contributed by atoms with Crippen molar-refractivity contribution >= 4 is 5.69 Å². The minimum atomic E-state index is -4.71. The topological polar surface area (TPSA) is 45.0 Å². The Kier molecular flexibility index (Phi) is 7.43. The number of benzene rings is 2. The van der Waals surface area contributed by atoms with Crippen LogP contribution in [0.3, 0.4) is 0 Å². The summed E-state index contributed by atoms with van der Waals surface area (Å²) in [6.07, 6.45) is -4.71. The number of alkyl halides is 3. The summed E-state index contributed by atoms with van der Waals surface area (Å²) in [7, 11) is 2.04. The molecule has 6 nitrogen and oxygen atoms in total. The van der Waals surface area contributed by atoms with Gasteiger partial charge < -0.3 is 14.2 Å². The average Bonchev–Trinajstić information content (AvgIpc) is 3.26. The Morgan fingerprint density at radius 2 is 1.68 bits per heavy atom. The number of piperazine rings is 1. The Hall–Kier alpha value is -3.04. The van der Waals surface area contributed by atoms with Gasteiger partial charge >= 0.3 is 6.36 Å². The molecule has 1 fully saturated rings. The van der Waals surface area contributed by atoms with Crippen LogP contribution in [0.15, 0.2) is 59.1 Å². The summed E-state index contributed by atoms with van der Waals surface area (Å²) in [5, 5.41) is 4.06. The fraction of sp³-hybridized carbons (Fsp3) is 0.400. The molecule has 9 heteroatoms. The molecule has 3 aromatic rings. The number of hydrogen-bond donors (Lipinski definition) is 0. The lowest BCUT2D eigenvalue weighted by atomic mass is 10.1. The predicted molar refractivity (Wildman–Crippen MR) is 125 cm³/mol. The highest BCUT2D eigenvalue weighted by molar-refractivity contribution is 5.59. The molecule has 0 unspecified atom stereocenters. The Morgan fingerprint density at radius 3 is 2.32 bits per heavy atom. The van der Waals surface area contributed by atoms with Gasteiger partial charge in [-0.25, -0.2) is 0 Å². The smallest absolute Gasteiger partial charge is 0.406 e. The predicted octanol–water partition coefficient (Wildman–Crippen LogP) is 4.80. The molecule has 0 atom stereocenters. The standard InChI is InChI=1S/C25H29F3N4O2/c1-19-3-7-21(8-4-19)32-15-13-31(14-16-32)12-11-30(2)18-23-17-24(29-34-23)20-5-9-22(10-6-20)33-25(26,27)28/h3-10,17H,11-16,18H2,1-2H3. The number of anilines is 1. The molecule has 4 rings (SSSR count). The third-order valence-electron chi connectivity index (χ3n) is 5.94. The molecule has 0 aliphatic carbocycles. The van der Waals surface area contributed by atoms with Crippen LogP contribution in [0, 0.1) is 6.92 Å². The third-order valence-corrected chi connectivity index (χ3v) is 5.94. The zero-order chi connectivity index (χ0) is 24.1. The Balaban J connectivity index is 1.21. The van der Waals surface area contributed by atoms with E-state index in [-0.39, 0.29) is 5.75 Å². The van der Waals surface area contributed by atoms with Crippen molar-refractivity contribution in [3.05, 3.63) is 65.9 Å². The van der Waals surface area contributed by atoms with Crippen LogP contribution >= 0.6 is 0 Å².